The zero-order valence-electron chi connectivity index (χ0n) is 74.3. The zero-order chi connectivity index (χ0) is 87.2. The lowest BCUT2D eigenvalue weighted by Gasteiger charge is -2.40. The molecule has 0 saturated carbocycles. The fourth-order valence-corrected chi connectivity index (χ4v) is 12.5. The first-order valence-electron chi connectivity index (χ1n) is 41.3. The van der Waals surface area contributed by atoms with Crippen molar-refractivity contribution in [2.45, 2.75) is 209 Å². The molecule has 3 fully saturated rings. The zero-order valence-corrected chi connectivity index (χ0v) is 76.4. The fraction of sp³-hybridized carbons (Fsp3) is 0.636. The average Bonchev–Trinajstić information content (AvgIpc) is 0.833. The third-order valence-corrected chi connectivity index (χ3v) is 18.6. The molecule has 117 heavy (non-hydrogen) atoms. The number of nitrogens with one attached hydrogen (secondary N) is 5. The predicted octanol–water partition coefficient (Wildman–Crippen LogP) is 14.3. The Morgan fingerprint density at radius 3 is 1.13 bits per heavy atom. The van der Waals surface area contributed by atoms with Gasteiger partial charge in [0.2, 0.25) is 17.7 Å². The molecule has 0 spiro atoms. The number of amides is 8. The first-order valence-corrected chi connectivity index (χ1v) is 43.4. The molecular formula is C88H143IN12O16. The van der Waals surface area contributed by atoms with Crippen LogP contribution in [0.15, 0.2) is 91.1 Å². The molecule has 3 saturated heterocycles. The van der Waals surface area contributed by atoms with Gasteiger partial charge in [0.25, 0.3) is 0 Å². The van der Waals surface area contributed by atoms with Crippen LogP contribution in [0.3, 0.4) is 0 Å². The first kappa shape index (κ1) is 103. The van der Waals surface area contributed by atoms with Gasteiger partial charge in [-0.2, -0.15) is 0 Å². The molecule has 8 amide bonds. The monoisotopic (exact) mass is 1750 g/mol. The minimum atomic E-state index is -0.608. The molecule has 3 heterocycles. The predicted molar refractivity (Wildman–Crippen MR) is 471 cm³/mol. The molecule has 0 aliphatic carbocycles. The summed E-state index contributed by atoms with van der Waals surface area (Å²) >= 11 is 2.15. The van der Waals surface area contributed by atoms with Crippen molar-refractivity contribution < 1.29 is 76.3 Å². The molecule has 658 valence electrons. The third-order valence-electron chi connectivity index (χ3n) is 18.6. The van der Waals surface area contributed by atoms with E-state index in [1.807, 2.05) is 66.6 Å². The number of ether oxygens (including phenoxy) is 8. The van der Waals surface area contributed by atoms with E-state index in [2.05, 4.69) is 144 Å². The van der Waals surface area contributed by atoms with Gasteiger partial charge < -0.3 is 98.8 Å². The van der Waals surface area contributed by atoms with Crippen LogP contribution < -0.4 is 55.0 Å². The van der Waals surface area contributed by atoms with Crippen molar-refractivity contribution in [3.05, 3.63) is 108 Å². The smallest absolute Gasteiger partial charge is 0.415 e. The summed E-state index contributed by atoms with van der Waals surface area (Å²) in [5.41, 5.74) is 1.35. The van der Waals surface area contributed by atoms with Crippen molar-refractivity contribution in [3.63, 3.8) is 0 Å². The van der Waals surface area contributed by atoms with Crippen LogP contribution in [0.4, 0.5) is 24.0 Å². The van der Waals surface area contributed by atoms with Gasteiger partial charge in [0.05, 0.1) is 39.5 Å². The minimum Gasteiger partial charge on any atom is -0.493 e. The molecule has 0 aromatic heterocycles. The molecule has 3 aliphatic rings. The maximum atomic E-state index is 13.3. The van der Waals surface area contributed by atoms with E-state index in [1.165, 1.54) is 24.0 Å². The Balaban J connectivity index is 0.000000451. The van der Waals surface area contributed by atoms with Gasteiger partial charge in [-0.25, -0.2) is 24.0 Å². The standard InChI is InChI=1S/C31H50N4O6.C30H48N4O6.C26H42N4O4.CH3I/c1-23(2)13-11-9-10-12-14-28(36)32-20-24-15-16-26(27(19-24)39-8)40-30(38)35-18-17-33(6)21-25(35)22-34(7)29(37)41-31(3,4)5;1-22(2)12-10-8-9-11-13-27(35)32-19-23-14-15-25(26(18-23)38-7)39-29(37)34-17-16-31-20-24(34)21-33(6)28(36)40-30(3,4)5;1-20(2)10-8-6-7-9-11-25(31)28-17-21-12-13-23(24(16-21)33-5)34-26(32)30-15-14-29(4)19-22(30)18-27-3;1-2/h11,13,15-16,19,23,25H,9-10,12,14,17-18,20-22H2,1-8H3,(H,32,36);10,12,14-15,18,22,24,31H,8-9,11,13,16-17,19-21H2,1-7H3,(H,32,35);8,10,12-13,16,20,22,27H,6-7,9,11,14-15,17-19H2,1-5H3,(H,28,31);1H3/b13-11+;12-10+;10-8+;. The summed E-state index contributed by atoms with van der Waals surface area (Å²) < 4.78 is 44.5. The first-order chi connectivity index (χ1) is 55.5. The number of methoxy groups -OCH3 is 3. The van der Waals surface area contributed by atoms with Crippen LogP contribution in [0.5, 0.6) is 34.5 Å². The Bertz CT molecular complexity index is 3580. The van der Waals surface area contributed by atoms with Crippen LogP contribution in [0.25, 0.3) is 0 Å². The highest BCUT2D eigenvalue weighted by Crippen LogP contribution is 2.33. The molecule has 6 rings (SSSR count). The number of benzene rings is 3. The quantitative estimate of drug-likeness (QED) is 0.0156. The SMILES string of the molecule is CI.CNCC1CN(C)CCN1C(=O)Oc1ccc(CNC(=O)CCCC/C=C/C(C)C)cc1OC.COc1cc(CNC(=O)CCCC/C=C/C(C)C)ccc1OC(=O)N1CCN(C)CC1CN(C)C(=O)OC(C)(C)C.COc1cc(CNC(=O)CCCC/C=C/C(C)C)ccc1OC(=O)N1CCNCC1CN(C)C(=O)OC(C)(C)C. The van der Waals surface area contributed by atoms with Crippen LogP contribution in [-0.4, -0.2) is 252 Å². The van der Waals surface area contributed by atoms with Gasteiger partial charge >= 0.3 is 30.5 Å². The van der Waals surface area contributed by atoms with Gasteiger partial charge in [-0.15, -0.1) is 0 Å². The van der Waals surface area contributed by atoms with E-state index in [-0.39, 0.29) is 47.7 Å². The van der Waals surface area contributed by atoms with Gasteiger partial charge in [-0.05, 0) is 196 Å². The highest BCUT2D eigenvalue weighted by atomic mass is 127. The molecule has 29 heteroatoms. The average molecular weight is 1750 g/mol. The van der Waals surface area contributed by atoms with Crippen LogP contribution >= 0.6 is 22.6 Å². The lowest BCUT2D eigenvalue weighted by molar-refractivity contribution is -0.122. The summed E-state index contributed by atoms with van der Waals surface area (Å²) in [4.78, 5) is 115. The van der Waals surface area contributed by atoms with Crippen LogP contribution in [0.1, 0.15) is 177 Å². The van der Waals surface area contributed by atoms with Crippen molar-refractivity contribution in [1.29, 1.82) is 0 Å². The highest BCUT2D eigenvalue weighted by molar-refractivity contribution is 14.1. The van der Waals surface area contributed by atoms with E-state index >= 15 is 0 Å². The van der Waals surface area contributed by atoms with E-state index in [4.69, 9.17) is 37.9 Å². The number of alkyl halides is 1. The summed E-state index contributed by atoms with van der Waals surface area (Å²) in [7, 11) is 13.8. The van der Waals surface area contributed by atoms with Crippen molar-refractivity contribution >= 4 is 70.8 Å². The summed E-state index contributed by atoms with van der Waals surface area (Å²) in [5.74, 6) is 3.93. The number of halogens is 1. The second-order valence-corrected chi connectivity index (χ2v) is 32.7. The maximum absolute atomic E-state index is 13.3. The van der Waals surface area contributed by atoms with Crippen LogP contribution in [0.2, 0.25) is 0 Å². The second kappa shape index (κ2) is 55.4. The van der Waals surface area contributed by atoms with Crippen LogP contribution in [-0.2, 0) is 43.5 Å². The lowest BCUT2D eigenvalue weighted by Crippen LogP contribution is -2.58. The van der Waals surface area contributed by atoms with Crippen molar-refractivity contribution in [2.75, 3.05) is 140 Å². The molecule has 0 bridgehead atoms. The van der Waals surface area contributed by atoms with Gasteiger partial charge in [0.15, 0.2) is 34.5 Å². The number of rotatable bonds is 36. The summed E-state index contributed by atoms with van der Waals surface area (Å²) in [6, 6.07) is 15.3. The number of hydrogen-bond donors (Lipinski definition) is 5. The number of likely N-dealkylation sites (N-methyl/N-ethyl adjacent to an activating group) is 5. The number of nitrogens with zero attached hydrogens (tertiary/aromatic N) is 7. The van der Waals surface area contributed by atoms with E-state index in [0.717, 1.165) is 87.6 Å². The minimum absolute atomic E-state index is 0.00316. The number of unbranched alkanes of at least 4 members (excludes halogenated alkanes) is 6. The van der Waals surface area contributed by atoms with Crippen molar-refractivity contribution in [1.82, 2.24) is 60.9 Å². The summed E-state index contributed by atoms with van der Waals surface area (Å²) in [5, 5.41) is 15.3. The van der Waals surface area contributed by atoms with Crippen molar-refractivity contribution in [2.24, 2.45) is 17.8 Å². The molecule has 3 aromatic rings. The topological polar surface area (TPSA) is 293 Å². The molecule has 0 radical (unpaired) electrons. The second-order valence-electron chi connectivity index (χ2n) is 32.7. The Morgan fingerprint density at radius 2 is 0.803 bits per heavy atom. The number of piperazine rings is 3. The summed E-state index contributed by atoms with van der Waals surface area (Å²) in [6.45, 7) is 31.7. The molecule has 28 nitrogen and oxygen atoms in total. The lowest BCUT2D eigenvalue weighted by atomic mass is 10.1. The number of hydrogen-bond acceptors (Lipinski definition) is 20. The number of carbonyl (C=O) groups is 8. The molecule has 5 N–H and O–H groups in total. The van der Waals surface area contributed by atoms with Gasteiger partial charge in [0, 0.05) is 132 Å². The van der Waals surface area contributed by atoms with Gasteiger partial charge in [0.1, 0.15) is 11.2 Å². The number of carbonyl (C=O) groups excluding carboxylic acids is 8. The Hall–Kier alpha value is -8.39. The highest BCUT2D eigenvalue weighted by Gasteiger charge is 2.36. The van der Waals surface area contributed by atoms with Gasteiger partial charge in [-0.3, -0.25) is 14.4 Å². The van der Waals surface area contributed by atoms with Gasteiger partial charge in [-0.1, -0.05) is 119 Å². The van der Waals surface area contributed by atoms with Crippen LogP contribution in [0, 0.1) is 17.8 Å². The fourth-order valence-electron chi connectivity index (χ4n) is 12.5. The Labute approximate surface area is 713 Å². The molecule has 3 atom stereocenters. The molecule has 3 aliphatic heterocycles. The summed E-state index contributed by atoms with van der Waals surface area (Å²) in [6.07, 6.45) is 20.8. The van der Waals surface area contributed by atoms with E-state index < -0.39 is 35.6 Å². The van der Waals surface area contributed by atoms with Crippen molar-refractivity contribution in [3.8, 4) is 34.5 Å². The molecular weight excluding hydrogens is 1610 g/mol. The van der Waals surface area contributed by atoms with E-state index in [0.29, 0.717) is 151 Å². The maximum Gasteiger partial charge on any atom is 0.415 e. The van der Waals surface area contributed by atoms with E-state index in [9.17, 15) is 38.4 Å². The number of allylic oxidation sites excluding steroid dienone is 6. The molecule has 3 aromatic carbocycles. The Morgan fingerprint density at radius 1 is 0.479 bits per heavy atom. The Kier molecular flexibility index (Phi) is 48.7. The normalized spacial score (nSPS) is 15.9. The largest absolute Gasteiger partial charge is 0.493 e. The van der Waals surface area contributed by atoms with E-state index in [1.54, 1.807) is 84.4 Å². The third kappa shape index (κ3) is 42.2. The molecule has 3 unspecified atom stereocenters.